The van der Waals surface area contributed by atoms with E-state index in [4.69, 9.17) is 11.6 Å². The standard InChI is InChI=1S/C12H12ClNOS/c13-9-12(15)14-11-6-4-10(5-7-11)3-1-2-8-16/h4-7,16H,2,8-9H2,(H,14,15). The molecule has 0 heterocycles. The molecular formula is C12H12ClNOS. The molecule has 1 amide bonds. The van der Waals surface area contributed by atoms with Gasteiger partial charge in [0.1, 0.15) is 5.88 Å². The minimum atomic E-state index is -0.212. The smallest absolute Gasteiger partial charge is 0.239 e. The highest BCUT2D eigenvalue weighted by molar-refractivity contribution is 7.80. The van der Waals surface area contributed by atoms with Crippen molar-refractivity contribution in [1.29, 1.82) is 0 Å². The van der Waals surface area contributed by atoms with Crippen molar-refractivity contribution in [2.24, 2.45) is 0 Å². The second-order valence-corrected chi connectivity index (χ2v) is 3.75. The van der Waals surface area contributed by atoms with Gasteiger partial charge in [0.15, 0.2) is 0 Å². The normalized spacial score (nSPS) is 9.12. The summed E-state index contributed by atoms with van der Waals surface area (Å²) in [4.78, 5) is 11.0. The van der Waals surface area contributed by atoms with Gasteiger partial charge in [0, 0.05) is 23.4 Å². The number of alkyl halides is 1. The number of halogens is 1. The largest absolute Gasteiger partial charge is 0.325 e. The van der Waals surface area contributed by atoms with Gasteiger partial charge >= 0.3 is 0 Å². The fourth-order valence-corrected chi connectivity index (χ4v) is 1.23. The Hall–Kier alpha value is -1.11. The summed E-state index contributed by atoms with van der Waals surface area (Å²) in [6.45, 7) is 0. The van der Waals surface area contributed by atoms with E-state index in [-0.39, 0.29) is 11.8 Å². The summed E-state index contributed by atoms with van der Waals surface area (Å²) in [5.74, 6) is 6.50. The molecule has 16 heavy (non-hydrogen) atoms. The van der Waals surface area contributed by atoms with E-state index >= 15 is 0 Å². The topological polar surface area (TPSA) is 29.1 Å². The monoisotopic (exact) mass is 253 g/mol. The van der Waals surface area contributed by atoms with Gasteiger partial charge in [0.05, 0.1) is 0 Å². The molecule has 0 unspecified atom stereocenters. The van der Waals surface area contributed by atoms with Crippen LogP contribution in [0.25, 0.3) is 0 Å². The van der Waals surface area contributed by atoms with Gasteiger partial charge in [-0.2, -0.15) is 12.6 Å². The molecule has 1 rings (SSSR count). The van der Waals surface area contributed by atoms with Crippen molar-refractivity contribution in [3.05, 3.63) is 29.8 Å². The van der Waals surface area contributed by atoms with Crippen molar-refractivity contribution in [3.8, 4) is 11.8 Å². The Kier molecular flexibility index (Phi) is 5.84. The van der Waals surface area contributed by atoms with E-state index in [1.807, 2.05) is 12.1 Å². The summed E-state index contributed by atoms with van der Waals surface area (Å²) in [6, 6.07) is 7.31. The summed E-state index contributed by atoms with van der Waals surface area (Å²) in [6.07, 6.45) is 0.772. The molecule has 0 aliphatic carbocycles. The van der Waals surface area contributed by atoms with Crippen LogP contribution in [0.3, 0.4) is 0 Å². The van der Waals surface area contributed by atoms with E-state index in [0.717, 1.165) is 23.4 Å². The molecule has 0 spiro atoms. The molecule has 0 atom stereocenters. The highest BCUT2D eigenvalue weighted by Gasteiger charge is 1.98. The second-order valence-electron chi connectivity index (χ2n) is 3.03. The van der Waals surface area contributed by atoms with E-state index in [0.29, 0.717) is 0 Å². The first-order valence-corrected chi connectivity index (χ1v) is 5.98. The van der Waals surface area contributed by atoms with Crippen LogP contribution in [0, 0.1) is 11.8 Å². The number of amides is 1. The first-order valence-electron chi connectivity index (χ1n) is 4.82. The maximum absolute atomic E-state index is 11.0. The van der Waals surface area contributed by atoms with E-state index in [1.54, 1.807) is 12.1 Å². The van der Waals surface area contributed by atoms with Gasteiger partial charge in [-0.05, 0) is 24.3 Å². The highest BCUT2D eigenvalue weighted by atomic mass is 35.5. The van der Waals surface area contributed by atoms with Crippen LogP contribution in [0.4, 0.5) is 5.69 Å². The molecule has 0 aromatic heterocycles. The van der Waals surface area contributed by atoms with Crippen LogP contribution in [0.2, 0.25) is 0 Å². The molecule has 0 aliphatic rings. The van der Waals surface area contributed by atoms with E-state index in [1.165, 1.54) is 0 Å². The maximum atomic E-state index is 11.0. The first kappa shape index (κ1) is 13.0. The van der Waals surface area contributed by atoms with Gasteiger partial charge in [0.25, 0.3) is 0 Å². The molecule has 84 valence electrons. The zero-order valence-electron chi connectivity index (χ0n) is 8.66. The highest BCUT2D eigenvalue weighted by Crippen LogP contribution is 2.08. The van der Waals surface area contributed by atoms with Crippen LogP contribution in [0.5, 0.6) is 0 Å². The molecule has 0 saturated heterocycles. The Morgan fingerprint density at radius 1 is 1.38 bits per heavy atom. The van der Waals surface area contributed by atoms with Crippen LogP contribution in [0.1, 0.15) is 12.0 Å². The Balaban J connectivity index is 2.62. The predicted molar refractivity (Wildman–Crippen MR) is 71.1 cm³/mol. The lowest BCUT2D eigenvalue weighted by molar-refractivity contribution is -0.113. The van der Waals surface area contributed by atoms with Crippen molar-refractivity contribution in [2.45, 2.75) is 6.42 Å². The summed E-state index contributed by atoms with van der Waals surface area (Å²) in [7, 11) is 0. The first-order chi connectivity index (χ1) is 7.76. The van der Waals surface area contributed by atoms with Gasteiger partial charge in [-0.15, -0.1) is 11.6 Å². The van der Waals surface area contributed by atoms with Gasteiger partial charge in [-0.25, -0.2) is 0 Å². The van der Waals surface area contributed by atoms with Gasteiger partial charge in [-0.3, -0.25) is 4.79 Å². The number of anilines is 1. The van der Waals surface area contributed by atoms with E-state index in [2.05, 4.69) is 29.8 Å². The molecule has 0 saturated carbocycles. The Morgan fingerprint density at radius 2 is 2.06 bits per heavy atom. The average molecular weight is 254 g/mol. The van der Waals surface area contributed by atoms with Crippen molar-refractivity contribution < 1.29 is 4.79 Å². The molecule has 0 radical (unpaired) electrons. The Morgan fingerprint density at radius 3 is 2.62 bits per heavy atom. The molecule has 1 N–H and O–H groups in total. The number of thiol groups is 1. The Labute approximate surface area is 106 Å². The lowest BCUT2D eigenvalue weighted by Gasteiger charge is -2.01. The van der Waals surface area contributed by atoms with Crippen LogP contribution >= 0.6 is 24.2 Å². The lowest BCUT2D eigenvalue weighted by atomic mass is 10.2. The molecule has 0 fully saturated rings. The second kappa shape index (κ2) is 7.21. The fourth-order valence-electron chi connectivity index (χ4n) is 1.05. The van der Waals surface area contributed by atoms with Crippen LogP contribution in [-0.4, -0.2) is 17.5 Å². The molecule has 4 heteroatoms. The van der Waals surface area contributed by atoms with Crippen molar-refractivity contribution in [2.75, 3.05) is 16.9 Å². The molecule has 2 nitrogen and oxygen atoms in total. The van der Waals surface area contributed by atoms with Crippen molar-refractivity contribution in [1.82, 2.24) is 0 Å². The molecule has 1 aromatic rings. The third kappa shape index (κ3) is 4.61. The number of nitrogens with one attached hydrogen (secondary N) is 1. The number of benzene rings is 1. The summed E-state index contributed by atoms with van der Waals surface area (Å²) in [5.41, 5.74) is 1.65. The quantitative estimate of drug-likeness (QED) is 0.484. The SMILES string of the molecule is O=C(CCl)Nc1ccc(C#CCCS)cc1. The third-order valence-corrected chi connectivity index (χ3v) is 2.23. The zero-order valence-corrected chi connectivity index (χ0v) is 10.3. The van der Waals surface area contributed by atoms with Crippen LogP contribution in [-0.2, 0) is 4.79 Å². The number of hydrogen-bond donors (Lipinski definition) is 2. The molecule has 0 bridgehead atoms. The predicted octanol–water partition coefficient (Wildman–Crippen LogP) is 2.54. The molecular weight excluding hydrogens is 242 g/mol. The molecule has 0 aliphatic heterocycles. The van der Waals surface area contributed by atoms with E-state index in [9.17, 15) is 4.79 Å². The van der Waals surface area contributed by atoms with Crippen LogP contribution < -0.4 is 5.32 Å². The average Bonchev–Trinajstić information content (AvgIpc) is 2.31. The fraction of sp³-hybridized carbons (Fsp3) is 0.250. The Bertz CT molecular complexity index is 405. The zero-order chi connectivity index (χ0) is 11.8. The third-order valence-electron chi connectivity index (χ3n) is 1.76. The summed E-state index contributed by atoms with van der Waals surface area (Å²) in [5, 5.41) is 2.65. The summed E-state index contributed by atoms with van der Waals surface area (Å²) >= 11 is 9.45. The van der Waals surface area contributed by atoms with Gasteiger partial charge in [-0.1, -0.05) is 11.8 Å². The lowest BCUT2D eigenvalue weighted by Crippen LogP contribution is -2.12. The summed E-state index contributed by atoms with van der Waals surface area (Å²) < 4.78 is 0. The van der Waals surface area contributed by atoms with Crippen molar-refractivity contribution >= 4 is 35.8 Å². The minimum absolute atomic E-state index is 0.0382. The van der Waals surface area contributed by atoms with Gasteiger partial charge in [0.2, 0.25) is 5.91 Å². The number of carbonyl (C=O) groups is 1. The van der Waals surface area contributed by atoms with Crippen LogP contribution in [0.15, 0.2) is 24.3 Å². The van der Waals surface area contributed by atoms with Crippen molar-refractivity contribution in [3.63, 3.8) is 0 Å². The number of carbonyl (C=O) groups excluding carboxylic acids is 1. The molecule has 1 aromatic carbocycles. The number of hydrogen-bond acceptors (Lipinski definition) is 2. The minimum Gasteiger partial charge on any atom is -0.325 e. The number of rotatable bonds is 3. The van der Waals surface area contributed by atoms with E-state index < -0.39 is 0 Å². The maximum Gasteiger partial charge on any atom is 0.239 e. The van der Waals surface area contributed by atoms with Gasteiger partial charge < -0.3 is 5.32 Å².